The van der Waals surface area contributed by atoms with Crippen molar-refractivity contribution in [3.05, 3.63) is 0 Å². The summed E-state index contributed by atoms with van der Waals surface area (Å²) in [5.74, 6) is 0. The Kier molecular flexibility index (Phi) is 5.31. The van der Waals surface area contributed by atoms with Crippen molar-refractivity contribution < 1.29 is 19.4 Å². The lowest BCUT2D eigenvalue weighted by Crippen LogP contribution is -2.63. The summed E-state index contributed by atoms with van der Waals surface area (Å²) in [5, 5.41) is 9.26. The molecule has 144 valence electrons. The number of hydrogen-bond donors (Lipinski definition) is 1. The molecular formula is C19H34N2O4. The fraction of sp³-hybridized carbons (Fsp3) is 0.895. The number of rotatable bonds is 0. The maximum atomic E-state index is 12.9. The number of piperidine rings is 2. The molecule has 1 atom stereocenters. The van der Waals surface area contributed by atoms with Crippen LogP contribution in [-0.2, 0) is 4.74 Å². The summed E-state index contributed by atoms with van der Waals surface area (Å²) in [6.07, 6.45) is 2.51. The maximum absolute atomic E-state index is 12.9. The average molecular weight is 354 g/mol. The Morgan fingerprint density at radius 3 is 2.00 bits per heavy atom. The molecule has 2 amide bonds. The van der Waals surface area contributed by atoms with E-state index in [1.54, 1.807) is 0 Å². The molecule has 0 aromatic rings. The first kappa shape index (κ1) is 19.9. The van der Waals surface area contributed by atoms with Crippen molar-refractivity contribution in [3.8, 4) is 0 Å². The Hall–Kier alpha value is -1.46. The molecule has 1 N–H and O–H groups in total. The van der Waals surface area contributed by atoms with Crippen molar-refractivity contribution in [1.82, 2.24) is 9.80 Å². The summed E-state index contributed by atoms with van der Waals surface area (Å²) in [6.45, 7) is 14.0. The molecule has 0 aromatic heterocycles. The third kappa shape index (κ3) is 4.39. The van der Waals surface area contributed by atoms with Crippen LogP contribution < -0.4 is 0 Å². The molecule has 6 nitrogen and oxygen atoms in total. The minimum Gasteiger partial charge on any atom is -0.465 e. The standard InChI is InChI=1S/C19H34N2O4/c1-17(2,3)14-19(9-12-20(13-10-19)15(22)23)8-7-11-21(14)16(24)25-18(4,5)6/h14H,7-13H2,1-6H3,(H,22,23). The van der Waals surface area contributed by atoms with Gasteiger partial charge in [0.25, 0.3) is 0 Å². The normalized spacial score (nSPS) is 24.3. The van der Waals surface area contributed by atoms with Gasteiger partial charge in [0.2, 0.25) is 0 Å². The zero-order chi connectivity index (χ0) is 19.0. The van der Waals surface area contributed by atoms with Crippen LogP contribution >= 0.6 is 0 Å². The summed E-state index contributed by atoms with van der Waals surface area (Å²) in [4.78, 5) is 27.6. The van der Waals surface area contributed by atoms with E-state index in [4.69, 9.17) is 4.74 Å². The number of carbonyl (C=O) groups is 2. The Bertz CT molecular complexity index is 510. The van der Waals surface area contributed by atoms with Crippen molar-refractivity contribution in [2.45, 2.75) is 78.9 Å². The van der Waals surface area contributed by atoms with E-state index in [0.29, 0.717) is 19.6 Å². The van der Waals surface area contributed by atoms with Crippen molar-refractivity contribution in [1.29, 1.82) is 0 Å². The molecule has 0 radical (unpaired) electrons. The topological polar surface area (TPSA) is 70.1 Å². The molecule has 0 bridgehead atoms. The first-order valence-corrected chi connectivity index (χ1v) is 9.33. The molecular weight excluding hydrogens is 320 g/mol. The van der Waals surface area contributed by atoms with Gasteiger partial charge in [-0.05, 0) is 57.3 Å². The number of nitrogens with zero attached hydrogens (tertiary/aromatic N) is 2. The lowest BCUT2D eigenvalue weighted by molar-refractivity contribution is -0.0807. The van der Waals surface area contributed by atoms with Crippen LogP contribution in [0.25, 0.3) is 0 Å². The predicted octanol–water partition coefficient (Wildman–Crippen LogP) is 4.19. The predicted molar refractivity (Wildman–Crippen MR) is 96.7 cm³/mol. The zero-order valence-corrected chi connectivity index (χ0v) is 16.6. The highest BCUT2D eigenvalue weighted by atomic mass is 16.6. The van der Waals surface area contributed by atoms with Gasteiger partial charge >= 0.3 is 12.2 Å². The highest BCUT2D eigenvalue weighted by molar-refractivity contribution is 5.69. The molecule has 2 rings (SSSR count). The maximum Gasteiger partial charge on any atom is 0.410 e. The molecule has 0 aromatic carbocycles. The van der Waals surface area contributed by atoms with Crippen LogP contribution in [0.1, 0.15) is 67.2 Å². The van der Waals surface area contributed by atoms with E-state index in [1.165, 1.54) is 4.90 Å². The highest BCUT2D eigenvalue weighted by Gasteiger charge is 2.53. The summed E-state index contributed by atoms with van der Waals surface area (Å²) in [5.41, 5.74) is -0.640. The summed E-state index contributed by atoms with van der Waals surface area (Å²) in [7, 11) is 0. The molecule has 2 aliphatic rings. The molecule has 0 aliphatic carbocycles. The molecule has 2 fully saturated rings. The van der Waals surface area contributed by atoms with Crippen LogP contribution in [0.2, 0.25) is 0 Å². The molecule has 1 spiro atoms. The van der Waals surface area contributed by atoms with Gasteiger partial charge in [-0.15, -0.1) is 0 Å². The van der Waals surface area contributed by atoms with E-state index in [9.17, 15) is 14.7 Å². The quantitative estimate of drug-likeness (QED) is 0.708. The Morgan fingerprint density at radius 2 is 1.56 bits per heavy atom. The van der Waals surface area contributed by atoms with Gasteiger partial charge in [0.05, 0.1) is 0 Å². The first-order chi connectivity index (χ1) is 11.4. The highest BCUT2D eigenvalue weighted by Crippen LogP contribution is 2.50. The third-order valence-electron chi connectivity index (χ3n) is 5.44. The van der Waals surface area contributed by atoms with Gasteiger partial charge in [0, 0.05) is 25.7 Å². The summed E-state index contributed by atoms with van der Waals surface area (Å²) in [6, 6.07) is 0.0551. The smallest absolute Gasteiger partial charge is 0.410 e. The molecule has 2 heterocycles. The van der Waals surface area contributed by atoms with Crippen molar-refractivity contribution in [2.75, 3.05) is 19.6 Å². The van der Waals surface area contributed by atoms with Gasteiger partial charge < -0.3 is 19.6 Å². The number of hydrogen-bond acceptors (Lipinski definition) is 3. The van der Waals surface area contributed by atoms with Crippen molar-refractivity contribution in [3.63, 3.8) is 0 Å². The molecule has 25 heavy (non-hydrogen) atoms. The SMILES string of the molecule is CC(C)(C)OC(=O)N1CCCC2(CCN(C(=O)O)CC2)C1C(C)(C)C. The Morgan fingerprint density at radius 1 is 1.00 bits per heavy atom. The van der Waals surface area contributed by atoms with Gasteiger partial charge in [0.1, 0.15) is 5.60 Å². The van der Waals surface area contributed by atoms with Crippen LogP contribution in [0.5, 0.6) is 0 Å². The summed E-state index contributed by atoms with van der Waals surface area (Å²) >= 11 is 0. The minimum atomic E-state index is -0.845. The number of amides is 2. The zero-order valence-electron chi connectivity index (χ0n) is 16.6. The van der Waals surface area contributed by atoms with E-state index in [1.807, 2.05) is 25.7 Å². The monoisotopic (exact) mass is 354 g/mol. The van der Waals surface area contributed by atoms with Crippen molar-refractivity contribution >= 4 is 12.2 Å². The molecule has 2 saturated heterocycles. The van der Waals surface area contributed by atoms with Gasteiger partial charge in [-0.2, -0.15) is 0 Å². The fourth-order valence-corrected chi connectivity index (χ4v) is 4.77. The van der Waals surface area contributed by atoms with E-state index >= 15 is 0 Å². The van der Waals surface area contributed by atoms with Crippen LogP contribution in [0, 0.1) is 10.8 Å². The number of likely N-dealkylation sites (tertiary alicyclic amines) is 2. The molecule has 0 saturated carbocycles. The lowest BCUT2D eigenvalue weighted by atomic mass is 9.60. The Labute approximate surface area is 151 Å². The van der Waals surface area contributed by atoms with E-state index in [-0.39, 0.29) is 23.0 Å². The molecule has 2 aliphatic heterocycles. The van der Waals surface area contributed by atoms with Gasteiger partial charge in [-0.1, -0.05) is 20.8 Å². The summed E-state index contributed by atoms with van der Waals surface area (Å²) < 4.78 is 5.68. The first-order valence-electron chi connectivity index (χ1n) is 9.33. The number of carboxylic acid groups (broad SMARTS) is 1. The number of ether oxygens (including phenoxy) is 1. The van der Waals surface area contributed by atoms with Crippen molar-refractivity contribution in [2.24, 2.45) is 10.8 Å². The largest absolute Gasteiger partial charge is 0.465 e. The number of carbonyl (C=O) groups excluding carboxylic acids is 1. The second-order valence-electron chi connectivity index (χ2n) is 9.68. The van der Waals surface area contributed by atoms with E-state index in [2.05, 4.69) is 20.8 Å². The van der Waals surface area contributed by atoms with E-state index < -0.39 is 11.7 Å². The second kappa shape index (κ2) is 6.69. The second-order valence-corrected chi connectivity index (χ2v) is 9.68. The van der Waals surface area contributed by atoms with Crippen LogP contribution in [0.15, 0.2) is 0 Å². The average Bonchev–Trinajstić information content (AvgIpc) is 2.44. The fourth-order valence-electron chi connectivity index (χ4n) is 4.77. The van der Waals surface area contributed by atoms with E-state index in [0.717, 1.165) is 25.7 Å². The molecule has 1 unspecified atom stereocenters. The third-order valence-corrected chi connectivity index (χ3v) is 5.44. The lowest BCUT2D eigenvalue weighted by Gasteiger charge is -2.57. The molecule has 6 heteroatoms. The van der Waals surface area contributed by atoms with Gasteiger partial charge in [-0.25, -0.2) is 9.59 Å². The minimum absolute atomic E-state index is 0.0284. The van der Waals surface area contributed by atoms with Crippen LogP contribution in [0.3, 0.4) is 0 Å². The van der Waals surface area contributed by atoms with Gasteiger partial charge in [-0.3, -0.25) is 0 Å². The van der Waals surface area contributed by atoms with Crippen LogP contribution in [0.4, 0.5) is 9.59 Å². The van der Waals surface area contributed by atoms with Gasteiger partial charge in [0.15, 0.2) is 0 Å². The Balaban J connectivity index is 2.28. The van der Waals surface area contributed by atoms with Crippen LogP contribution in [-0.4, -0.2) is 58.4 Å².